The molecule has 1 fully saturated rings. The molecule has 13 heteroatoms. The first-order valence-electron chi connectivity index (χ1n) is 11.0. The number of aliphatic imine (C=N–C) groups is 1. The van der Waals surface area contributed by atoms with Gasteiger partial charge in [0.25, 0.3) is 0 Å². The highest BCUT2D eigenvalue weighted by Crippen LogP contribution is 2.47. The number of fused-ring (bicyclic) bond motifs is 1. The lowest BCUT2D eigenvalue weighted by Crippen LogP contribution is -2.34. The van der Waals surface area contributed by atoms with Crippen LogP contribution >= 0.6 is 22.9 Å². The maximum absolute atomic E-state index is 13.9. The predicted molar refractivity (Wildman–Crippen MR) is 128 cm³/mol. The number of aromatic nitrogens is 3. The second-order valence-corrected chi connectivity index (χ2v) is 9.51. The molecular weight excluding hydrogens is 517 g/mol. The van der Waals surface area contributed by atoms with Gasteiger partial charge in [-0.15, -0.1) is 11.3 Å². The summed E-state index contributed by atoms with van der Waals surface area (Å²) in [6, 6.07) is 4.75. The summed E-state index contributed by atoms with van der Waals surface area (Å²) in [7, 11) is 1.48. The highest BCUT2D eigenvalue weighted by atomic mass is 35.5. The zero-order valence-corrected chi connectivity index (χ0v) is 20.4. The zero-order chi connectivity index (χ0) is 25.4. The standard InChI is InChI=1S/C23H20ClF3N6O2S/c1-28-23(34)35-11-12-8-17-18(16-4-6-33(31-16)22(26)27)19(14-3-2-13(25)9-15(14)24)30-20(32(17)10-12)21-29-5-7-36-21/h2-7,9,12,19,22H,8,10-11H2,1H3,(H,28,34)/t12-,19-/m0/s1. The minimum atomic E-state index is -2.82. The van der Waals surface area contributed by atoms with Crippen LogP contribution in [-0.2, 0) is 4.74 Å². The first-order chi connectivity index (χ1) is 17.4. The SMILES string of the molecule is CNC(=O)OC[C@H]1CC2=C(c3ccn(C(F)F)n3)[C@H](c3ccc(F)cc3Cl)N=C(c3nccs3)N2C1. The van der Waals surface area contributed by atoms with E-state index in [2.05, 4.69) is 15.4 Å². The fourth-order valence-electron chi connectivity index (χ4n) is 4.41. The van der Waals surface area contributed by atoms with Crippen molar-refractivity contribution < 1.29 is 22.7 Å². The Bertz CT molecular complexity index is 1340. The summed E-state index contributed by atoms with van der Waals surface area (Å²) in [6.45, 7) is -2.21. The van der Waals surface area contributed by atoms with Crippen LogP contribution in [0.5, 0.6) is 0 Å². The molecule has 4 heterocycles. The van der Waals surface area contributed by atoms with Gasteiger partial charge in [0.05, 0.1) is 12.3 Å². The van der Waals surface area contributed by atoms with Crippen molar-refractivity contribution in [2.75, 3.05) is 20.2 Å². The predicted octanol–water partition coefficient (Wildman–Crippen LogP) is 5.12. The van der Waals surface area contributed by atoms with Gasteiger partial charge in [0.1, 0.15) is 11.9 Å². The molecule has 1 N–H and O–H groups in total. The molecule has 0 bridgehead atoms. The fourth-order valence-corrected chi connectivity index (χ4v) is 5.32. The molecule has 5 rings (SSSR count). The second-order valence-electron chi connectivity index (χ2n) is 8.21. The molecule has 2 aliphatic heterocycles. The number of carbonyl (C=O) groups is 1. The summed E-state index contributed by atoms with van der Waals surface area (Å²) in [4.78, 5) is 23.0. The van der Waals surface area contributed by atoms with Crippen molar-refractivity contribution in [2.24, 2.45) is 10.9 Å². The number of amidine groups is 1. The normalized spacial score (nSPS) is 19.5. The van der Waals surface area contributed by atoms with Crippen molar-refractivity contribution >= 4 is 40.4 Å². The zero-order valence-electron chi connectivity index (χ0n) is 18.9. The molecule has 36 heavy (non-hydrogen) atoms. The van der Waals surface area contributed by atoms with Gasteiger partial charge in [-0.05, 0) is 24.6 Å². The van der Waals surface area contributed by atoms with Crippen LogP contribution in [0.15, 0.2) is 52.7 Å². The summed E-state index contributed by atoms with van der Waals surface area (Å²) in [5, 5.41) is 9.16. The first-order valence-corrected chi connectivity index (χ1v) is 12.2. The number of benzene rings is 1. The number of allylic oxidation sites excluding steroid dienone is 1. The van der Waals surface area contributed by atoms with E-state index in [1.807, 2.05) is 10.3 Å². The van der Waals surface area contributed by atoms with Crippen molar-refractivity contribution in [1.82, 2.24) is 25.0 Å². The summed E-state index contributed by atoms with van der Waals surface area (Å²) in [6.07, 6.45) is 2.78. The minimum absolute atomic E-state index is 0.0999. The van der Waals surface area contributed by atoms with Crippen molar-refractivity contribution in [3.05, 3.63) is 74.8 Å². The van der Waals surface area contributed by atoms with Crippen molar-refractivity contribution in [2.45, 2.75) is 19.0 Å². The van der Waals surface area contributed by atoms with Crippen LogP contribution in [0.2, 0.25) is 5.02 Å². The Labute approximate surface area is 213 Å². The number of amides is 1. The van der Waals surface area contributed by atoms with E-state index < -0.39 is 24.5 Å². The van der Waals surface area contributed by atoms with E-state index in [1.54, 1.807) is 6.20 Å². The van der Waals surface area contributed by atoms with Crippen LogP contribution in [0, 0.1) is 11.7 Å². The third kappa shape index (κ3) is 4.58. The van der Waals surface area contributed by atoms with Crippen LogP contribution in [0.4, 0.5) is 18.0 Å². The molecule has 0 saturated carbocycles. The highest BCUT2D eigenvalue weighted by molar-refractivity contribution is 7.11. The molecule has 2 atom stereocenters. The van der Waals surface area contributed by atoms with E-state index >= 15 is 0 Å². The number of hydrogen-bond acceptors (Lipinski definition) is 7. The lowest BCUT2D eigenvalue weighted by Gasteiger charge is -2.32. The Morgan fingerprint density at radius 2 is 2.19 bits per heavy atom. The van der Waals surface area contributed by atoms with Gasteiger partial charge in [0.2, 0.25) is 0 Å². The van der Waals surface area contributed by atoms with E-state index in [9.17, 15) is 18.0 Å². The number of nitrogens with one attached hydrogen (secondary N) is 1. The average Bonchev–Trinajstić information content (AvgIpc) is 3.62. The average molecular weight is 537 g/mol. The minimum Gasteiger partial charge on any atom is -0.449 e. The van der Waals surface area contributed by atoms with Crippen molar-refractivity contribution in [3.63, 3.8) is 0 Å². The van der Waals surface area contributed by atoms with Gasteiger partial charge in [-0.3, -0.25) is 4.99 Å². The molecule has 1 aromatic carbocycles. The maximum atomic E-state index is 13.9. The van der Waals surface area contributed by atoms with Gasteiger partial charge in [0.15, 0.2) is 10.8 Å². The van der Waals surface area contributed by atoms with E-state index in [0.717, 1.165) is 5.70 Å². The maximum Gasteiger partial charge on any atom is 0.406 e. The molecule has 188 valence electrons. The van der Waals surface area contributed by atoms with Crippen LogP contribution in [0.1, 0.15) is 35.3 Å². The molecule has 0 aliphatic carbocycles. The Kier molecular flexibility index (Phi) is 6.71. The molecule has 3 aromatic rings. The largest absolute Gasteiger partial charge is 0.449 e. The van der Waals surface area contributed by atoms with Crippen LogP contribution < -0.4 is 5.32 Å². The fraction of sp³-hybridized carbons (Fsp3) is 0.304. The van der Waals surface area contributed by atoms with Gasteiger partial charge in [-0.1, -0.05) is 17.7 Å². The first kappa shape index (κ1) is 24.3. The quantitative estimate of drug-likeness (QED) is 0.473. The molecule has 0 radical (unpaired) electrons. The van der Waals surface area contributed by atoms with E-state index in [4.69, 9.17) is 21.3 Å². The van der Waals surface area contributed by atoms with E-state index in [1.165, 1.54) is 48.8 Å². The van der Waals surface area contributed by atoms with E-state index in [-0.39, 0.29) is 17.5 Å². The summed E-state index contributed by atoms with van der Waals surface area (Å²) >= 11 is 7.84. The van der Waals surface area contributed by atoms with Crippen LogP contribution in [-0.4, -0.2) is 51.8 Å². The van der Waals surface area contributed by atoms with Gasteiger partial charge < -0.3 is 15.0 Å². The topological polar surface area (TPSA) is 84.6 Å². The number of alkyl carbamates (subject to hydrolysis) is 1. The van der Waals surface area contributed by atoms with Gasteiger partial charge >= 0.3 is 12.6 Å². The molecular formula is C23H20ClF3N6O2S. The van der Waals surface area contributed by atoms with Gasteiger partial charge in [0, 0.05) is 59.1 Å². The summed E-state index contributed by atoms with van der Waals surface area (Å²) < 4.78 is 46.5. The molecule has 0 unspecified atom stereocenters. The number of ether oxygens (including phenoxy) is 1. The molecule has 1 saturated heterocycles. The summed E-state index contributed by atoms with van der Waals surface area (Å²) in [5.41, 5.74) is 2.16. The lowest BCUT2D eigenvalue weighted by atomic mass is 9.92. The van der Waals surface area contributed by atoms with Crippen LogP contribution in [0.25, 0.3) is 5.57 Å². The number of rotatable bonds is 6. The third-order valence-electron chi connectivity index (χ3n) is 5.96. The molecule has 0 spiro atoms. The second kappa shape index (κ2) is 9.94. The number of nitrogens with zero attached hydrogens (tertiary/aromatic N) is 5. The van der Waals surface area contributed by atoms with Crippen molar-refractivity contribution in [3.8, 4) is 0 Å². The lowest BCUT2D eigenvalue weighted by molar-refractivity contribution is 0.0564. The van der Waals surface area contributed by atoms with Crippen LogP contribution in [0.3, 0.4) is 0 Å². The number of thiazole rings is 1. The van der Waals surface area contributed by atoms with Gasteiger partial charge in [-0.2, -0.15) is 13.9 Å². The highest BCUT2D eigenvalue weighted by Gasteiger charge is 2.41. The van der Waals surface area contributed by atoms with Gasteiger partial charge in [-0.25, -0.2) is 18.9 Å². The molecule has 2 aromatic heterocycles. The smallest absolute Gasteiger partial charge is 0.406 e. The Morgan fingerprint density at radius 1 is 1.36 bits per heavy atom. The molecule has 8 nitrogen and oxygen atoms in total. The monoisotopic (exact) mass is 536 g/mol. The Morgan fingerprint density at radius 3 is 2.86 bits per heavy atom. The number of alkyl halides is 2. The summed E-state index contributed by atoms with van der Waals surface area (Å²) in [5.74, 6) is -0.0317. The van der Waals surface area contributed by atoms with E-state index in [0.29, 0.717) is 45.3 Å². The Balaban J connectivity index is 1.66. The number of halogens is 4. The Hall–Kier alpha value is -3.38. The van der Waals surface area contributed by atoms with Crippen molar-refractivity contribution in [1.29, 1.82) is 0 Å². The number of carbonyl (C=O) groups excluding carboxylic acids is 1. The molecule has 2 aliphatic rings. The molecule has 1 amide bonds. The number of hydrogen-bond donors (Lipinski definition) is 1. The third-order valence-corrected chi connectivity index (χ3v) is 7.06.